The zero-order chi connectivity index (χ0) is 21.7. The van der Waals surface area contributed by atoms with Crippen LogP contribution in [0.15, 0.2) is 41.4 Å². The van der Waals surface area contributed by atoms with E-state index in [1.807, 2.05) is 19.1 Å². The topological polar surface area (TPSA) is 103 Å². The lowest BCUT2D eigenvalue weighted by atomic mass is 10.2. The van der Waals surface area contributed by atoms with Crippen molar-refractivity contribution in [3.8, 4) is 0 Å². The molecule has 0 saturated carbocycles. The third-order valence-corrected chi connectivity index (χ3v) is 6.97. The van der Waals surface area contributed by atoms with Crippen LogP contribution in [0.25, 0.3) is 0 Å². The molecule has 9 heteroatoms. The van der Waals surface area contributed by atoms with E-state index < -0.39 is 15.9 Å². The zero-order valence-corrected chi connectivity index (χ0v) is 18.2. The van der Waals surface area contributed by atoms with Crippen LogP contribution in [-0.2, 0) is 14.8 Å². The Hall–Kier alpha value is -2.65. The second-order valence-corrected chi connectivity index (χ2v) is 9.68. The molecule has 1 aromatic carbocycles. The Morgan fingerprint density at radius 3 is 2.37 bits per heavy atom. The third kappa shape index (κ3) is 5.28. The number of hydrogen-bond acceptors (Lipinski definition) is 4. The van der Waals surface area contributed by atoms with Gasteiger partial charge in [0.15, 0.2) is 0 Å². The van der Waals surface area contributed by atoms with E-state index in [9.17, 15) is 18.0 Å². The van der Waals surface area contributed by atoms with Crippen molar-refractivity contribution in [3.63, 3.8) is 0 Å². The normalized spacial score (nSPS) is 15.1. The van der Waals surface area contributed by atoms with E-state index in [1.54, 1.807) is 17.0 Å². The summed E-state index contributed by atoms with van der Waals surface area (Å²) < 4.78 is 26.6. The second-order valence-electron chi connectivity index (χ2n) is 7.63. The summed E-state index contributed by atoms with van der Waals surface area (Å²) in [7, 11) is -2.57. The summed E-state index contributed by atoms with van der Waals surface area (Å²) in [6.07, 6.45) is 5.41. The smallest absolute Gasteiger partial charge is 0.270 e. The molecule has 30 heavy (non-hydrogen) atoms. The average Bonchev–Trinajstić information content (AvgIpc) is 3.06. The Bertz CT molecular complexity index is 990. The average molecular weight is 433 g/mol. The molecule has 0 bridgehead atoms. The maximum atomic E-state index is 12.8. The molecule has 0 unspecified atom stereocenters. The van der Waals surface area contributed by atoms with E-state index in [0.717, 1.165) is 35.6 Å². The summed E-state index contributed by atoms with van der Waals surface area (Å²) in [5, 5.41) is 2.68. The number of nitrogens with zero attached hydrogens (tertiary/aromatic N) is 2. The third-order valence-electron chi connectivity index (χ3n) is 5.19. The van der Waals surface area contributed by atoms with Crippen LogP contribution in [0.3, 0.4) is 0 Å². The lowest BCUT2D eigenvalue weighted by Gasteiger charge is -2.19. The molecule has 8 nitrogen and oxygen atoms in total. The molecular weight excluding hydrogens is 404 g/mol. The molecule has 3 rings (SSSR count). The molecule has 1 aliphatic heterocycles. The largest absolute Gasteiger partial charge is 0.356 e. The Morgan fingerprint density at radius 1 is 1.10 bits per heavy atom. The highest BCUT2D eigenvalue weighted by Gasteiger charge is 2.26. The fourth-order valence-electron chi connectivity index (χ4n) is 3.40. The van der Waals surface area contributed by atoms with Crippen molar-refractivity contribution in [2.75, 3.05) is 32.0 Å². The molecule has 2 heterocycles. The number of anilines is 1. The van der Waals surface area contributed by atoms with Gasteiger partial charge in [-0.05, 0) is 38.0 Å². The van der Waals surface area contributed by atoms with Gasteiger partial charge in [-0.2, -0.15) is 4.31 Å². The van der Waals surface area contributed by atoms with Crippen LogP contribution in [0.1, 0.15) is 41.7 Å². The van der Waals surface area contributed by atoms with Crippen LogP contribution in [0.5, 0.6) is 0 Å². The van der Waals surface area contributed by atoms with Crippen LogP contribution in [-0.4, -0.2) is 61.1 Å². The van der Waals surface area contributed by atoms with Gasteiger partial charge in [0.1, 0.15) is 10.6 Å². The number of aromatic amines is 1. The van der Waals surface area contributed by atoms with Crippen molar-refractivity contribution >= 4 is 27.5 Å². The van der Waals surface area contributed by atoms with Crippen molar-refractivity contribution in [3.05, 3.63) is 47.8 Å². The first-order valence-corrected chi connectivity index (χ1v) is 11.5. The maximum absolute atomic E-state index is 12.8. The zero-order valence-electron chi connectivity index (χ0n) is 17.3. The molecule has 0 aliphatic carbocycles. The minimum atomic E-state index is -3.91. The summed E-state index contributed by atoms with van der Waals surface area (Å²) >= 11 is 0. The van der Waals surface area contributed by atoms with Gasteiger partial charge in [0.25, 0.3) is 5.91 Å². The molecule has 2 aromatic rings. The van der Waals surface area contributed by atoms with Crippen molar-refractivity contribution in [1.82, 2.24) is 14.2 Å². The van der Waals surface area contributed by atoms with Gasteiger partial charge >= 0.3 is 0 Å². The first-order valence-electron chi connectivity index (χ1n) is 10.1. The summed E-state index contributed by atoms with van der Waals surface area (Å²) in [5.41, 5.74) is 1.90. The molecule has 1 aliphatic rings. The quantitative estimate of drug-likeness (QED) is 0.732. The summed E-state index contributed by atoms with van der Waals surface area (Å²) in [4.78, 5) is 29.4. The molecular formula is C21H28N4O4S. The van der Waals surface area contributed by atoms with E-state index >= 15 is 0 Å². The van der Waals surface area contributed by atoms with E-state index in [0.29, 0.717) is 18.8 Å². The van der Waals surface area contributed by atoms with Crippen LogP contribution >= 0.6 is 0 Å². The summed E-state index contributed by atoms with van der Waals surface area (Å²) in [6, 6.07) is 8.58. The number of rotatable bonds is 6. The minimum Gasteiger partial charge on any atom is -0.356 e. The molecule has 1 saturated heterocycles. The van der Waals surface area contributed by atoms with Gasteiger partial charge < -0.3 is 15.2 Å². The fourth-order valence-corrected chi connectivity index (χ4v) is 4.52. The predicted octanol–water partition coefficient (Wildman–Crippen LogP) is 2.60. The van der Waals surface area contributed by atoms with Gasteiger partial charge in [-0.25, -0.2) is 8.42 Å². The van der Waals surface area contributed by atoms with Gasteiger partial charge in [0, 0.05) is 32.0 Å². The van der Waals surface area contributed by atoms with Gasteiger partial charge in [-0.1, -0.05) is 30.5 Å². The Kier molecular flexibility index (Phi) is 6.94. The number of carbonyl (C=O) groups is 2. The number of amides is 2. The molecule has 0 radical (unpaired) electrons. The molecule has 2 N–H and O–H groups in total. The lowest BCUT2D eigenvalue weighted by molar-refractivity contribution is -0.116. The highest BCUT2D eigenvalue weighted by atomic mass is 32.2. The standard InChI is InChI=1S/C21H28N4O4S/c1-16-7-9-17(10-8-16)23-20(26)15-24(2)30(28,29)18-13-19(22-14-18)21(27)25-11-5-3-4-6-12-25/h7-10,13-14,22H,3-6,11-12,15H2,1-2H3,(H,23,26). The summed E-state index contributed by atoms with van der Waals surface area (Å²) in [5.74, 6) is -0.639. The van der Waals surface area contributed by atoms with Crippen molar-refractivity contribution < 1.29 is 18.0 Å². The molecule has 0 spiro atoms. The summed E-state index contributed by atoms with van der Waals surface area (Å²) in [6.45, 7) is 2.96. The van der Waals surface area contributed by atoms with E-state index in [1.165, 1.54) is 19.3 Å². The number of likely N-dealkylation sites (N-methyl/N-ethyl adjacent to an activating group) is 1. The highest BCUT2D eigenvalue weighted by molar-refractivity contribution is 7.89. The van der Waals surface area contributed by atoms with Crippen molar-refractivity contribution in [2.24, 2.45) is 0 Å². The van der Waals surface area contributed by atoms with Gasteiger partial charge in [-0.3, -0.25) is 9.59 Å². The van der Waals surface area contributed by atoms with Crippen LogP contribution in [0.4, 0.5) is 5.69 Å². The van der Waals surface area contributed by atoms with Gasteiger partial charge in [0.2, 0.25) is 15.9 Å². The number of H-pyrrole nitrogens is 1. The first-order chi connectivity index (χ1) is 14.3. The maximum Gasteiger partial charge on any atom is 0.270 e. The van der Waals surface area contributed by atoms with Crippen LogP contribution in [0.2, 0.25) is 0 Å². The van der Waals surface area contributed by atoms with Crippen LogP contribution in [0, 0.1) is 6.92 Å². The lowest BCUT2D eigenvalue weighted by Crippen LogP contribution is -2.35. The number of nitrogens with one attached hydrogen (secondary N) is 2. The molecule has 2 amide bonds. The Morgan fingerprint density at radius 2 is 1.73 bits per heavy atom. The number of aryl methyl sites for hydroxylation is 1. The number of carbonyl (C=O) groups excluding carboxylic acids is 2. The first kappa shape index (κ1) is 22.0. The Balaban J connectivity index is 1.65. The predicted molar refractivity (Wildman–Crippen MR) is 115 cm³/mol. The number of hydrogen-bond donors (Lipinski definition) is 2. The van der Waals surface area contributed by atoms with Gasteiger partial charge in [-0.15, -0.1) is 0 Å². The number of benzene rings is 1. The van der Waals surface area contributed by atoms with Crippen LogP contribution < -0.4 is 5.32 Å². The molecule has 1 fully saturated rings. The SMILES string of the molecule is Cc1ccc(NC(=O)CN(C)S(=O)(=O)c2c[nH]c(C(=O)N3CCCCCC3)c2)cc1. The van der Waals surface area contributed by atoms with E-state index in [4.69, 9.17) is 0 Å². The number of likely N-dealkylation sites (tertiary alicyclic amines) is 1. The fraction of sp³-hybridized carbons (Fsp3) is 0.429. The molecule has 1 aromatic heterocycles. The second kappa shape index (κ2) is 9.44. The Labute approximate surface area is 177 Å². The van der Waals surface area contributed by atoms with E-state index in [-0.39, 0.29) is 23.0 Å². The molecule has 0 atom stereocenters. The van der Waals surface area contributed by atoms with Crippen molar-refractivity contribution in [2.45, 2.75) is 37.5 Å². The van der Waals surface area contributed by atoms with E-state index in [2.05, 4.69) is 10.3 Å². The highest BCUT2D eigenvalue weighted by Crippen LogP contribution is 2.19. The monoisotopic (exact) mass is 432 g/mol. The number of sulfonamides is 1. The van der Waals surface area contributed by atoms with Gasteiger partial charge in [0.05, 0.1) is 6.54 Å². The molecule has 162 valence electrons. The minimum absolute atomic E-state index is 0.0358. The van der Waals surface area contributed by atoms with Crippen molar-refractivity contribution in [1.29, 1.82) is 0 Å². The number of aromatic nitrogens is 1.